The van der Waals surface area contributed by atoms with Crippen molar-refractivity contribution in [3.63, 3.8) is 0 Å². The number of rotatable bonds is 4. The first-order valence-corrected chi connectivity index (χ1v) is 6.03. The van der Waals surface area contributed by atoms with Crippen LogP contribution in [0.2, 0.25) is 0 Å². The second kappa shape index (κ2) is 4.47. The van der Waals surface area contributed by atoms with Gasteiger partial charge in [0.1, 0.15) is 0 Å². The highest BCUT2D eigenvalue weighted by molar-refractivity contribution is 5.66. The van der Waals surface area contributed by atoms with E-state index in [-0.39, 0.29) is 11.8 Å². The third kappa shape index (κ3) is 2.65. The molecule has 1 aliphatic rings. The van der Waals surface area contributed by atoms with E-state index in [1.807, 2.05) is 0 Å². The lowest BCUT2D eigenvalue weighted by molar-refractivity contribution is -0.137. The van der Waals surface area contributed by atoms with Crippen LogP contribution in [0.3, 0.4) is 0 Å². The Morgan fingerprint density at radius 2 is 2.29 bits per heavy atom. The summed E-state index contributed by atoms with van der Waals surface area (Å²) in [5, 5.41) is 16.6. The Kier molecular flexibility index (Phi) is 3.17. The molecule has 0 saturated heterocycles. The van der Waals surface area contributed by atoms with Crippen molar-refractivity contribution in [3.05, 3.63) is 11.8 Å². The summed E-state index contributed by atoms with van der Waals surface area (Å²) in [6.45, 7) is 4.43. The second-order valence-electron chi connectivity index (χ2n) is 5.36. The monoisotopic (exact) mass is 238 g/mol. The van der Waals surface area contributed by atoms with Gasteiger partial charge in [-0.3, -0.25) is 4.79 Å². The van der Waals surface area contributed by atoms with Crippen LogP contribution in [0.25, 0.3) is 0 Å². The molecular weight excluding hydrogens is 220 g/mol. The molecule has 0 bridgehead atoms. The fourth-order valence-corrected chi connectivity index (χ4v) is 2.51. The fraction of sp³-hybridized carbons (Fsp3) is 0.750. The summed E-state index contributed by atoms with van der Waals surface area (Å²) in [5.41, 5.74) is 0.205. The predicted octanol–water partition coefficient (Wildman–Crippen LogP) is 2.38. The number of aliphatic carboxylic acids is 1. The number of nitrogens with zero attached hydrogens (tertiary/aromatic N) is 2. The molecular formula is C12H18N2O3. The van der Waals surface area contributed by atoms with Gasteiger partial charge in [0, 0.05) is 12.3 Å². The van der Waals surface area contributed by atoms with Gasteiger partial charge in [0.25, 0.3) is 0 Å². The van der Waals surface area contributed by atoms with E-state index < -0.39 is 5.97 Å². The first-order chi connectivity index (χ1) is 7.99. The van der Waals surface area contributed by atoms with Crippen LogP contribution in [-0.2, 0) is 11.2 Å². The first kappa shape index (κ1) is 12.1. The summed E-state index contributed by atoms with van der Waals surface area (Å²) in [4.78, 5) is 10.4. The van der Waals surface area contributed by atoms with Gasteiger partial charge < -0.3 is 9.52 Å². The Morgan fingerprint density at radius 1 is 1.53 bits per heavy atom. The lowest BCUT2D eigenvalue weighted by Crippen LogP contribution is -2.15. The van der Waals surface area contributed by atoms with Crippen LogP contribution in [0, 0.1) is 5.41 Å². The molecule has 2 rings (SSSR count). The van der Waals surface area contributed by atoms with Crippen LogP contribution < -0.4 is 0 Å². The molecule has 5 heteroatoms. The molecule has 0 spiro atoms. The lowest BCUT2D eigenvalue weighted by atomic mass is 9.82. The van der Waals surface area contributed by atoms with Gasteiger partial charge in [-0.25, -0.2) is 0 Å². The van der Waals surface area contributed by atoms with Crippen LogP contribution in [0.15, 0.2) is 4.42 Å². The van der Waals surface area contributed by atoms with Crippen molar-refractivity contribution < 1.29 is 14.3 Å². The van der Waals surface area contributed by atoms with Crippen LogP contribution >= 0.6 is 0 Å². The molecule has 1 fully saturated rings. The van der Waals surface area contributed by atoms with Gasteiger partial charge in [-0.2, -0.15) is 0 Å². The number of carboxylic acid groups (broad SMARTS) is 1. The van der Waals surface area contributed by atoms with Gasteiger partial charge in [0.15, 0.2) is 0 Å². The van der Waals surface area contributed by atoms with Crippen LogP contribution in [0.4, 0.5) is 0 Å². The number of carbonyl (C=O) groups is 1. The van der Waals surface area contributed by atoms with Crippen molar-refractivity contribution in [1.82, 2.24) is 10.2 Å². The molecule has 0 radical (unpaired) electrons. The van der Waals surface area contributed by atoms with Crippen LogP contribution in [0.5, 0.6) is 0 Å². The van der Waals surface area contributed by atoms with Crippen molar-refractivity contribution >= 4 is 5.97 Å². The van der Waals surface area contributed by atoms with Crippen molar-refractivity contribution in [1.29, 1.82) is 0 Å². The Bertz CT molecular complexity index is 412. The Labute approximate surface area is 100 Å². The zero-order valence-corrected chi connectivity index (χ0v) is 10.3. The van der Waals surface area contributed by atoms with Gasteiger partial charge in [-0.05, 0) is 18.3 Å². The number of aromatic nitrogens is 2. The average Bonchev–Trinajstić information content (AvgIpc) is 2.80. The summed E-state index contributed by atoms with van der Waals surface area (Å²) in [6.07, 6.45) is 3.79. The Morgan fingerprint density at radius 3 is 2.88 bits per heavy atom. The van der Waals surface area contributed by atoms with Crippen LogP contribution in [-0.4, -0.2) is 21.3 Å². The van der Waals surface area contributed by atoms with Gasteiger partial charge in [0.2, 0.25) is 11.8 Å². The highest BCUT2D eigenvalue weighted by Crippen LogP contribution is 2.48. The lowest BCUT2D eigenvalue weighted by Gasteiger charge is -2.23. The molecule has 1 aromatic rings. The highest BCUT2D eigenvalue weighted by Gasteiger charge is 2.38. The number of hydrogen-bond acceptors (Lipinski definition) is 4. The minimum Gasteiger partial charge on any atom is -0.481 e. The standard InChI is InChI=1S/C12H18N2O3/c1-12(2)7-3-4-8(12)11-14-13-9(17-11)5-6-10(15)16/h8H,3-7H2,1-2H3,(H,15,16). The predicted molar refractivity (Wildman–Crippen MR) is 60.6 cm³/mol. The topological polar surface area (TPSA) is 76.2 Å². The molecule has 0 amide bonds. The highest BCUT2D eigenvalue weighted by atomic mass is 16.4. The smallest absolute Gasteiger partial charge is 0.303 e. The molecule has 1 aliphatic carbocycles. The van der Waals surface area contributed by atoms with E-state index in [1.54, 1.807) is 0 Å². The normalized spacial score (nSPS) is 22.8. The molecule has 1 heterocycles. The molecule has 0 aliphatic heterocycles. The van der Waals surface area contributed by atoms with Gasteiger partial charge in [-0.15, -0.1) is 10.2 Å². The summed E-state index contributed by atoms with van der Waals surface area (Å²) in [6, 6.07) is 0. The summed E-state index contributed by atoms with van der Waals surface area (Å²) in [5.74, 6) is 0.581. The maximum atomic E-state index is 10.4. The van der Waals surface area contributed by atoms with E-state index in [1.165, 1.54) is 12.8 Å². The average molecular weight is 238 g/mol. The maximum Gasteiger partial charge on any atom is 0.303 e. The van der Waals surface area contributed by atoms with E-state index in [0.29, 0.717) is 24.1 Å². The van der Waals surface area contributed by atoms with E-state index in [4.69, 9.17) is 9.52 Å². The van der Waals surface area contributed by atoms with E-state index in [0.717, 1.165) is 6.42 Å². The molecule has 5 nitrogen and oxygen atoms in total. The van der Waals surface area contributed by atoms with Gasteiger partial charge >= 0.3 is 5.97 Å². The van der Waals surface area contributed by atoms with Crippen molar-refractivity contribution in [2.24, 2.45) is 5.41 Å². The van der Waals surface area contributed by atoms with Crippen molar-refractivity contribution in [2.45, 2.75) is 51.9 Å². The van der Waals surface area contributed by atoms with E-state index in [9.17, 15) is 4.79 Å². The Balaban J connectivity index is 2.05. The van der Waals surface area contributed by atoms with Crippen LogP contribution in [0.1, 0.15) is 57.2 Å². The zero-order valence-electron chi connectivity index (χ0n) is 10.3. The second-order valence-corrected chi connectivity index (χ2v) is 5.36. The molecule has 1 aromatic heterocycles. The minimum absolute atomic E-state index is 0.0374. The number of aryl methyl sites for hydroxylation is 1. The molecule has 1 unspecified atom stereocenters. The maximum absolute atomic E-state index is 10.4. The van der Waals surface area contributed by atoms with Crippen molar-refractivity contribution in [2.75, 3.05) is 0 Å². The molecule has 0 aromatic carbocycles. The molecule has 1 atom stereocenters. The quantitative estimate of drug-likeness (QED) is 0.871. The fourth-order valence-electron chi connectivity index (χ4n) is 2.51. The Hall–Kier alpha value is -1.39. The number of carboxylic acids is 1. The minimum atomic E-state index is -0.842. The molecule has 94 valence electrons. The molecule has 1 N–H and O–H groups in total. The molecule has 1 saturated carbocycles. The van der Waals surface area contributed by atoms with Gasteiger partial charge in [0.05, 0.1) is 6.42 Å². The SMILES string of the molecule is CC1(C)CCCC1c1nnc(CCC(=O)O)o1. The molecule has 17 heavy (non-hydrogen) atoms. The van der Waals surface area contributed by atoms with E-state index >= 15 is 0 Å². The third-order valence-corrected chi connectivity index (χ3v) is 3.59. The summed E-state index contributed by atoms with van der Waals surface area (Å²) in [7, 11) is 0. The third-order valence-electron chi connectivity index (χ3n) is 3.59. The first-order valence-electron chi connectivity index (χ1n) is 6.03. The van der Waals surface area contributed by atoms with Gasteiger partial charge in [-0.1, -0.05) is 20.3 Å². The van der Waals surface area contributed by atoms with Crippen molar-refractivity contribution in [3.8, 4) is 0 Å². The summed E-state index contributed by atoms with van der Waals surface area (Å²) >= 11 is 0. The van der Waals surface area contributed by atoms with E-state index in [2.05, 4.69) is 24.0 Å². The largest absolute Gasteiger partial charge is 0.481 e. The zero-order chi connectivity index (χ0) is 12.5. The summed E-state index contributed by atoms with van der Waals surface area (Å²) < 4.78 is 5.57. The number of hydrogen-bond donors (Lipinski definition) is 1.